The molecule has 0 aromatic carbocycles. The summed E-state index contributed by atoms with van der Waals surface area (Å²) in [5.74, 6) is 2.80. The molecule has 4 fully saturated rings. The summed E-state index contributed by atoms with van der Waals surface area (Å²) in [4.78, 5) is 12.5. The van der Waals surface area contributed by atoms with Crippen molar-refractivity contribution >= 4 is 18.3 Å². The molecule has 3 N–H and O–H groups in total. The number of halogens is 1. The third-order valence-electron chi connectivity index (χ3n) is 5.25. The number of nitrogens with two attached hydrogens (primary N) is 1. The van der Waals surface area contributed by atoms with Crippen LogP contribution >= 0.6 is 12.4 Å². The summed E-state index contributed by atoms with van der Waals surface area (Å²) in [6.45, 7) is 2.54. The topological polar surface area (TPSA) is 55.1 Å². The molecule has 0 saturated heterocycles. The lowest BCUT2D eigenvalue weighted by molar-refractivity contribution is -0.146. The Kier molecular flexibility index (Phi) is 3.93. The van der Waals surface area contributed by atoms with Crippen molar-refractivity contribution in [1.29, 1.82) is 0 Å². The van der Waals surface area contributed by atoms with E-state index < -0.39 is 0 Å². The van der Waals surface area contributed by atoms with Crippen LogP contribution in [0.3, 0.4) is 0 Å². The van der Waals surface area contributed by atoms with E-state index in [1.165, 1.54) is 19.3 Å². The first-order chi connectivity index (χ1) is 8.11. The number of carbonyl (C=O) groups is 1. The molecule has 0 spiro atoms. The van der Waals surface area contributed by atoms with Crippen molar-refractivity contribution in [3.05, 3.63) is 0 Å². The highest BCUT2D eigenvalue weighted by atomic mass is 35.5. The van der Waals surface area contributed by atoms with Gasteiger partial charge in [0.05, 0.1) is 0 Å². The van der Waals surface area contributed by atoms with E-state index in [1.54, 1.807) is 0 Å². The highest BCUT2D eigenvalue weighted by Crippen LogP contribution is 2.60. The molecule has 104 valence electrons. The van der Waals surface area contributed by atoms with Crippen LogP contribution < -0.4 is 11.1 Å². The second-order valence-corrected chi connectivity index (χ2v) is 6.81. The van der Waals surface area contributed by atoms with Crippen molar-refractivity contribution in [3.63, 3.8) is 0 Å². The Hall–Kier alpha value is -0.280. The van der Waals surface area contributed by atoms with Crippen LogP contribution in [-0.4, -0.2) is 18.5 Å². The zero-order valence-electron chi connectivity index (χ0n) is 11.2. The molecule has 0 aliphatic heterocycles. The number of hydrogen-bond acceptors (Lipinski definition) is 2. The van der Waals surface area contributed by atoms with Crippen LogP contribution in [0.15, 0.2) is 0 Å². The zero-order valence-corrected chi connectivity index (χ0v) is 12.0. The molecular formula is C14H25ClN2O. The van der Waals surface area contributed by atoms with Crippen molar-refractivity contribution < 1.29 is 4.79 Å². The molecule has 0 unspecified atom stereocenters. The van der Waals surface area contributed by atoms with Gasteiger partial charge < -0.3 is 11.1 Å². The Morgan fingerprint density at radius 2 is 1.67 bits per heavy atom. The summed E-state index contributed by atoms with van der Waals surface area (Å²) >= 11 is 0. The number of hydrogen-bond donors (Lipinski definition) is 2. The predicted molar refractivity (Wildman–Crippen MR) is 74.5 cm³/mol. The fraction of sp³-hybridized carbons (Fsp3) is 0.929. The van der Waals surface area contributed by atoms with Crippen LogP contribution in [0.4, 0.5) is 0 Å². The number of carbonyl (C=O) groups excluding carboxylic acids is 1. The molecule has 4 rings (SSSR count). The average Bonchev–Trinajstić information content (AvgIpc) is 2.26. The lowest BCUT2D eigenvalue weighted by atomic mass is 9.49. The quantitative estimate of drug-likeness (QED) is 0.827. The van der Waals surface area contributed by atoms with Gasteiger partial charge in [0.1, 0.15) is 0 Å². The Labute approximate surface area is 116 Å². The fourth-order valence-corrected chi connectivity index (χ4v) is 4.82. The molecule has 1 atom stereocenters. The average molecular weight is 273 g/mol. The summed E-state index contributed by atoms with van der Waals surface area (Å²) < 4.78 is 0. The van der Waals surface area contributed by atoms with Gasteiger partial charge in [-0.05, 0) is 63.2 Å². The summed E-state index contributed by atoms with van der Waals surface area (Å²) in [7, 11) is 0. The molecule has 18 heavy (non-hydrogen) atoms. The van der Waals surface area contributed by atoms with Gasteiger partial charge in [0, 0.05) is 18.0 Å². The molecule has 4 saturated carbocycles. The first kappa shape index (κ1) is 14.1. The van der Waals surface area contributed by atoms with E-state index in [2.05, 4.69) is 5.32 Å². The minimum Gasteiger partial charge on any atom is -0.352 e. The molecule has 4 aliphatic rings. The predicted octanol–water partition coefficient (Wildman–Crippen LogP) is 2.09. The van der Waals surface area contributed by atoms with Crippen molar-refractivity contribution in [2.45, 2.75) is 51.5 Å². The third kappa shape index (κ3) is 2.27. The van der Waals surface area contributed by atoms with Crippen molar-refractivity contribution in [2.75, 3.05) is 6.54 Å². The molecule has 3 nitrogen and oxygen atoms in total. The van der Waals surface area contributed by atoms with E-state index in [0.717, 1.165) is 37.0 Å². The van der Waals surface area contributed by atoms with Gasteiger partial charge in [0.2, 0.25) is 5.91 Å². The Balaban J connectivity index is 0.00000120. The van der Waals surface area contributed by atoms with Gasteiger partial charge >= 0.3 is 0 Å². The summed E-state index contributed by atoms with van der Waals surface area (Å²) in [6, 6.07) is 0.121. The first-order valence-corrected chi connectivity index (χ1v) is 7.12. The largest absolute Gasteiger partial charge is 0.352 e. The summed E-state index contributed by atoms with van der Waals surface area (Å²) in [5, 5.41) is 3.12. The SMILES string of the molecule is C[C@H](CN)NC(=O)C12CC3CC(CC(C3)C1)C2.Cl. The summed E-state index contributed by atoms with van der Waals surface area (Å²) in [5.41, 5.74) is 5.58. The molecule has 0 radical (unpaired) electrons. The highest BCUT2D eigenvalue weighted by Gasteiger charge is 2.54. The van der Waals surface area contributed by atoms with E-state index in [1.807, 2.05) is 6.92 Å². The van der Waals surface area contributed by atoms with Gasteiger partial charge in [-0.15, -0.1) is 12.4 Å². The van der Waals surface area contributed by atoms with E-state index in [9.17, 15) is 4.79 Å². The van der Waals surface area contributed by atoms with Gasteiger partial charge in [-0.1, -0.05) is 0 Å². The smallest absolute Gasteiger partial charge is 0.226 e. The van der Waals surface area contributed by atoms with Gasteiger partial charge in [-0.3, -0.25) is 4.79 Å². The standard InChI is InChI=1S/C14H24N2O.ClH/c1-9(8-15)16-13(17)14-5-10-2-11(6-14)4-12(3-10)7-14;/h9-12H,2-8,15H2,1H3,(H,16,17);1H/t9-,10?,11?,12?,14?;/m1./s1. The maximum atomic E-state index is 12.5. The lowest BCUT2D eigenvalue weighted by Crippen LogP contribution is -2.55. The van der Waals surface area contributed by atoms with E-state index in [-0.39, 0.29) is 23.9 Å². The number of rotatable bonds is 3. The van der Waals surface area contributed by atoms with Gasteiger partial charge in [-0.2, -0.15) is 0 Å². The normalized spacial score (nSPS) is 42.2. The van der Waals surface area contributed by atoms with Crippen LogP contribution in [0.1, 0.15) is 45.4 Å². The minimum absolute atomic E-state index is 0. The fourth-order valence-electron chi connectivity index (χ4n) is 4.82. The zero-order chi connectivity index (χ0) is 12.0. The van der Waals surface area contributed by atoms with E-state index in [0.29, 0.717) is 12.5 Å². The highest BCUT2D eigenvalue weighted by molar-refractivity contribution is 5.85. The molecule has 0 aromatic rings. The van der Waals surface area contributed by atoms with Crippen molar-refractivity contribution in [2.24, 2.45) is 28.9 Å². The molecule has 4 aliphatic carbocycles. The summed E-state index contributed by atoms with van der Waals surface area (Å²) in [6.07, 6.45) is 7.59. The Morgan fingerprint density at radius 3 is 2.06 bits per heavy atom. The monoisotopic (exact) mass is 272 g/mol. The molecule has 4 heteroatoms. The van der Waals surface area contributed by atoms with E-state index >= 15 is 0 Å². The molecule has 0 aromatic heterocycles. The van der Waals surface area contributed by atoms with Gasteiger partial charge in [0.25, 0.3) is 0 Å². The van der Waals surface area contributed by atoms with Crippen LogP contribution in [0.2, 0.25) is 0 Å². The Morgan fingerprint density at radius 1 is 1.22 bits per heavy atom. The second-order valence-electron chi connectivity index (χ2n) is 6.81. The minimum atomic E-state index is -0.0157. The molecule has 1 amide bonds. The van der Waals surface area contributed by atoms with Crippen molar-refractivity contribution in [1.82, 2.24) is 5.32 Å². The first-order valence-electron chi connectivity index (χ1n) is 7.12. The van der Waals surface area contributed by atoms with E-state index in [4.69, 9.17) is 5.73 Å². The van der Waals surface area contributed by atoms with Crippen LogP contribution in [-0.2, 0) is 4.79 Å². The van der Waals surface area contributed by atoms with Crippen LogP contribution in [0, 0.1) is 23.2 Å². The van der Waals surface area contributed by atoms with Crippen molar-refractivity contribution in [3.8, 4) is 0 Å². The Bertz CT molecular complexity index is 296. The molecule has 4 bridgehead atoms. The maximum absolute atomic E-state index is 12.5. The maximum Gasteiger partial charge on any atom is 0.226 e. The third-order valence-corrected chi connectivity index (χ3v) is 5.25. The van der Waals surface area contributed by atoms with Gasteiger partial charge in [-0.25, -0.2) is 0 Å². The lowest BCUT2D eigenvalue weighted by Gasteiger charge is -2.55. The van der Waals surface area contributed by atoms with Crippen LogP contribution in [0.25, 0.3) is 0 Å². The van der Waals surface area contributed by atoms with Crippen LogP contribution in [0.5, 0.6) is 0 Å². The molecule has 0 heterocycles. The number of amides is 1. The van der Waals surface area contributed by atoms with Gasteiger partial charge in [0.15, 0.2) is 0 Å². The molecular weight excluding hydrogens is 248 g/mol. The second kappa shape index (κ2) is 5.01. The number of nitrogens with one attached hydrogen (secondary N) is 1.